The van der Waals surface area contributed by atoms with Crippen LogP contribution in [-0.4, -0.2) is 17.2 Å². The highest BCUT2D eigenvalue weighted by atomic mass is 32.1. The molecule has 1 unspecified atom stereocenters. The molecule has 0 radical (unpaired) electrons. The number of amides is 1. The summed E-state index contributed by atoms with van der Waals surface area (Å²) in [6, 6.07) is 10.5. The van der Waals surface area contributed by atoms with Gasteiger partial charge in [-0.2, -0.15) is 0 Å². The number of benzene rings is 1. The van der Waals surface area contributed by atoms with E-state index < -0.39 is 18.1 Å². The molecule has 5 nitrogen and oxygen atoms in total. The number of ether oxygens (including phenoxy) is 1. The number of aliphatic carboxylic acids is 1. The lowest BCUT2D eigenvalue weighted by Crippen LogP contribution is -2.30. The summed E-state index contributed by atoms with van der Waals surface area (Å²) in [6.07, 6.45) is -0.807. The van der Waals surface area contributed by atoms with Crippen molar-refractivity contribution in [3.8, 4) is 0 Å². The molecule has 2 rings (SSSR count). The van der Waals surface area contributed by atoms with Crippen LogP contribution >= 0.6 is 11.3 Å². The minimum atomic E-state index is -0.973. The Morgan fingerprint density at radius 3 is 2.59 bits per heavy atom. The average Bonchev–Trinajstić information content (AvgIpc) is 2.91. The van der Waals surface area contributed by atoms with Gasteiger partial charge in [-0.25, -0.2) is 4.79 Å². The lowest BCUT2D eigenvalue weighted by atomic mass is 10.1. The Morgan fingerprint density at radius 1 is 1.27 bits per heavy atom. The standard InChI is InChI=1S/C16H17NO4S/c1-11-13(7-8-22-11)14(9-15(18)19)17-16(20)21-10-12-5-3-2-4-6-12/h2-8,14H,9-10H2,1H3,(H,17,20)(H,18,19). The third kappa shape index (κ3) is 4.60. The summed E-state index contributed by atoms with van der Waals surface area (Å²) in [6.45, 7) is 2.04. The van der Waals surface area contributed by atoms with Crippen molar-refractivity contribution >= 4 is 23.4 Å². The molecule has 1 aromatic heterocycles. The summed E-state index contributed by atoms with van der Waals surface area (Å²) in [5.41, 5.74) is 1.68. The number of carboxylic acids is 1. The van der Waals surface area contributed by atoms with Crippen LogP contribution in [0.25, 0.3) is 0 Å². The Bertz CT molecular complexity index is 639. The molecule has 0 aliphatic rings. The molecule has 2 N–H and O–H groups in total. The first-order valence-corrected chi connectivity index (χ1v) is 7.67. The zero-order chi connectivity index (χ0) is 15.9. The summed E-state index contributed by atoms with van der Waals surface area (Å²) < 4.78 is 5.14. The molecule has 1 heterocycles. The van der Waals surface area contributed by atoms with Gasteiger partial charge in [0.05, 0.1) is 12.5 Å². The summed E-state index contributed by atoms with van der Waals surface area (Å²) in [5, 5.41) is 13.5. The number of nitrogens with one attached hydrogen (secondary N) is 1. The van der Waals surface area contributed by atoms with Gasteiger partial charge in [0, 0.05) is 4.88 Å². The molecule has 0 aliphatic heterocycles. The van der Waals surface area contributed by atoms with Crippen molar-refractivity contribution in [2.24, 2.45) is 0 Å². The molecular formula is C16H17NO4S. The number of thiophene rings is 1. The first-order chi connectivity index (χ1) is 10.6. The van der Waals surface area contributed by atoms with Crippen molar-refractivity contribution in [1.82, 2.24) is 5.32 Å². The van der Waals surface area contributed by atoms with Gasteiger partial charge in [-0.15, -0.1) is 11.3 Å². The van der Waals surface area contributed by atoms with Gasteiger partial charge in [-0.3, -0.25) is 4.79 Å². The zero-order valence-corrected chi connectivity index (χ0v) is 12.9. The lowest BCUT2D eigenvalue weighted by molar-refractivity contribution is -0.137. The molecule has 116 valence electrons. The molecule has 0 aliphatic carbocycles. The molecule has 22 heavy (non-hydrogen) atoms. The predicted molar refractivity (Wildman–Crippen MR) is 83.8 cm³/mol. The van der Waals surface area contributed by atoms with Crippen molar-refractivity contribution in [3.63, 3.8) is 0 Å². The monoisotopic (exact) mass is 319 g/mol. The fourth-order valence-electron chi connectivity index (χ4n) is 2.08. The normalized spacial score (nSPS) is 11.7. The second-order valence-corrected chi connectivity index (χ2v) is 5.91. The number of aryl methyl sites for hydroxylation is 1. The van der Waals surface area contributed by atoms with E-state index >= 15 is 0 Å². The van der Waals surface area contributed by atoms with Crippen molar-refractivity contribution < 1.29 is 19.4 Å². The van der Waals surface area contributed by atoms with Crippen LogP contribution in [0.1, 0.15) is 28.5 Å². The highest BCUT2D eigenvalue weighted by Crippen LogP contribution is 2.25. The van der Waals surface area contributed by atoms with Crippen molar-refractivity contribution in [3.05, 3.63) is 57.8 Å². The maximum atomic E-state index is 11.9. The van der Waals surface area contributed by atoms with Crippen LogP contribution in [0, 0.1) is 6.92 Å². The molecule has 2 aromatic rings. The fraction of sp³-hybridized carbons (Fsp3) is 0.250. The van der Waals surface area contributed by atoms with Gasteiger partial charge in [0.1, 0.15) is 6.61 Å². The highest BCUT2D eigenvalue weighted by molar-refractivity contribution is 7.10. The molecular weight excluding hydrogens is 302 g/mol. The summed E-state index contributed by atoms with van der Waals surface area (Å²) in [5.74, 6) is -0.973. The van der Waals surface area contributed by atoms with Gasteiger partial charge in [0.15, 0.2) is 0 Å². The highest BCUT2D eigenvalue weighted by Gasteiger charge is 2.21. The summed E-state index contributed by atoms with van der Waals surface area (Å²) in [4.78, 5) is 23.9. The molecule has 0 fully saturated rings. The number of alkyl carbamates (subject to hydrolysis) is 1. The van der Waals surface area contributed by atoms with Crippen LogP contribution < -0.4 is 5.32 Å². The Hall–Kier alpha value is -2.34. The van der Waals surface area contributed by atoms with E-state index in [1.165, 1.54) is 11.3 Å². The first kappa shape index (κ1) is 16.0. The maximum absolute atomic E-state index is 11.9. The Balaban J connectivity index is 1.96. The number of rotatable bonds is 6. The smallest absolute Gasteiger partial charge is 0.407 e. The average molecular weight is 319 g/mol. The topological polar surface area (TPSA) is 75.6 Å². The maximum Gasteiger partial charge on any atom is 0.407 e. The van der Waals surface area contributed by atoms with E-state index in [0.717, 1.165) is 16.0 Å². The Labute approximate surface area is 132 Å². The van der Waals surface area contributed by atoms with E-state index in [-0.39, 0.29) is 13.0 Å². The Morgan fingerprint density at radius 2 is 2.00 bits per heavy atom. The molecule has 1 aromatic carbocycles. The minimum absolute atomic E-state index is 0.148. The van der Waals surface area contributed by atoms with Crippen molar-refractivity contribution in [2.45, 2.75) is 26.0 Å². The van der Waals surface area contributed by atoms with E-state index in [1.807, 2.05) is 48.7 Å². The van der Waals surface area contributed by atoms with Crippen LogP contribution in [0.15, 0.2) is 41.8 Å². The van der Waals surface area contributed by atoms with E-state index in [1.54, 1.807) is 0 Å². The molecule has 0 spiro atoms. The number of carbonyl (C=O) groups excluding carboxylic acids is 1. The van der Waals surface area contributed by atoms with E-state index in [0.29, 0.717) is 0 Å². The number of hydrogen-bond acceptors (Lipinski definition) is 4. The third-order valence-electron chi connectivity index (χ3n) is 3.16. The van der Waals surface area contributed by atoms with Crippen molar-refractivity contribution in [1.29, 1.82) is 0 Å². The SMILES string of the molecule is Cc1sccc1C(CC(=O)O)NC(=O)OCc1ccccc1. The summed E-state index contributed by atoms with van der Waals surface area (Å²) >= 11 is 1.51. The Kier molecular flexibility index (Phi) is 5.55. The zero-order valence-electron chi connectivity index (χ0n) is 12.1. The predicted octanol–water partition coefficient (Wildman–Crippen LogP) is 3.50. The molecule has 0 bridgehead atoms. The summed E-state index contributed by atoms with van der Waals surface area (Å²) in [7, 11) is 0. The third-order valence-corrected chi connectivity index (χ3v) is 4.02. The molecule has 0 saturated carbocycles. The minimum Gasteiger partial charge on any atom is -0.481 e. The molecule has 6 heteroatoms. The van der Waals surface area contributed by atoms with Gasteiger partial charge in [0.25, 0.3) is 0 Å². The van der Waals surface area contributed by atoms with Crippen LogP contribution in [0.4, 0.5) is 4.79 Å². The van der Waals surface area contributed by atoms with Gasteiger partial charge >= 0.3 is 12.1 Å². The van der Waals surface area contributed by atoms with Crippen LogP contribution in [-0.2, 0) is 16.1 Å². The van der Waals surface area contributed by atoms with Gasteiger partial charge in [-0.05, 0) is 29.5 Å². The largest absolute Gasteiger partial charge is 0.481 e. The van der Waals surface area contributed by atoms with E-state index in [2.05, 4.69) is 5.32 Å². The second kappa shape index (κ2) is 7.61. The number of hydrogen-bond donors (Lipinski definition) is 2. The number of carboxylic acid groups (broad SMARTS) is 1. The van der Waals surface area contributed by atoms with E-state index in [4.69, 9.17) is 9.84 Å². The molecule has 0 saturated heterocycles. The molecule has 1 amide bonds. The van der Waals surface area contributed by atoms with Crippen LogP contribution in [0.3, 0.4) is 0 Å². The van der Waals surface area contributed by atoms with Gasteiger partial charge < -0.3 is 15.2 Å². The van der Waals surface area contributed by atoms with Crippen LogP contribution in [0.2, 0.25) is 0 Å². The van der Waals surface area contributed by atoms with Crippen molar-refractivity contribution in [2.75, 3.05) is 0 Å². The van der Waals surface area contributed by atoms with E-state index in [9.17, 15) is 9.59 Å². The quantitative estimate of drug-likeness (QED) is 0.854. The fourth-order valence-corrected chi connectivity index (χ4v) is 2.84. The van der Waals surface area contributed by atoms with Crippen LogP contribution in [0.5, 0.6) is 0 Å². The van der Waals surface area contributed by atoms with Gasteiger partial charge in [0.2, 0.25) is 0 Å². The number of carbonyl (C=O) groups is 2. The first-order valence-electron chi connectivity index (χ1n) is 6.79. The lowest BCUT2D eigenvalue weighted by Gasteiger charge is -2.17. The molecule has 1 atom stereocenters. The van der Waals surface area contributed by atoms with Gasteiger partial charge in [-0.1, -0.05) is 30.3 Å². The second-order valence-electron chi connectivity index (χ2n) is 4.79.